The molecule has 2 aromatic carbocycles. The van der Waals surface area contributed by atoms with Crippen LogP contribution in [0.25, 0.3) is 0 Å². The first-order valence-electron chi connectivity index (χ1n) is 5.63. The highest BCUT2D eigenvalue weighted by molar-refractivity contribution is 9.10. The quantitative estimate of drug-likeness (QED) is 0.673. The van der Waals surface area contributed by atoms with Crippen LogP contribution >= 0.6 is 27.5 Å². The predicted molar refractivity (Wildman–Crippen MR) is 85.1 cm³/mol. The average Bonchev–Trinajstić information content (AvgIpc) is 2.91. The summed E-state index contributed by atoms with van der Waals surface area (Å²) >= 11 is 10.3. The van der Waals surface area contributed by atoms with Crippen molar-refractivity contribution >= 4 is 61.9 Å². The second kappa shape index (κ2) is 5.47. The SMILES string of the molecule is O=C(Nc1cccc2c1N=S=N2)c1ccc(Cl)c(Br)c1. The number of amides is 1. The van der Waals surface area contributed by atoms with E-state index >= 15 is 0 Å². The van der Waals surface area contributed by atoms with Gasteiger partial charge < -0.3 is 5.32 Å². The number of halogens is 2. The van der Waals surface area contributed by atoms with Crippen molar-refractivity contribution in [1.29, 1.82) is 0 Å². The van der Waals surface area contributed by atoms with Crippen molar-refractivity contribution in [3.8, 4) is 0 Å². The zero-order valence-corrected chi connectivity index (χ0v) is 13.1. The summed E-state index contributed by atoms with van der Waals surface area (Å²) in [6.07, 6.45) is 0. The Morgan fingerprint density at radius 2 is 2.10 bits per heavy atom. The maximum absolute atomic E-state index is 12.2. The topological polar surface area (TPSA) is 53.8 Å². The van der Waals surface area contributed by atoms with Crippen molar-refractivity contribution < 1.29 is 4.79 Å². The van der Waals surface area contributed by atoms with Gasteiger partial charge in [0.25, 0.3) is 5.91 Å². The third kappa shape index (κ3) is 2.54. The van der Waals surface area contributed by atoms with Gasteiger partial charge in [0, 0.05) is 10.0 Å². The summed E-state index contributed by atoms with van der Waals surface area (Å²) in [5.74, 6) is -0.220. The van der Waals surface area contributed by atoms with E-state index in [-0.39, 0.29) is 5.91 Å². The number of carbonyl (C=O) groups excluding carboxylic acids is 1. The normalized spacial score (nSPS) is 11.9. The zero-order valence-electron chi connectivity index (χ0n) is 9.93. The fraction of sp³-hybridized carbons (Fsp3) is 0. The molecule has 1 aliphatic rings. The molecule has 1 aliphatic heterocycles. The fourth-order valence-electron chi connectivity index (χ4n) is 1.74. The Balaban J connectivity index is 1.88. The van der Waals surface area contributed by atoms with Crippen LogP contribution < -0.4 is 5.32 Å². The van der Waals surface area contributed by atoms with Gasteiger partial charge in [-0.15, -0.1) is 0 Å². The Bertz CT molecular complexity index is 787. The van der Waals surface area contributed by atoms with Crippen LogP contribution in [-0.2, 0) is 11.4 Å². The molecular formula is C13H7BrClN3OS. The molecule has 2 aromatic rings. The lowest BCUT2D eigenvalue weighted by atomic mass is 10.2. The molecule has 100 valence electrons. The Morgan fingerprint density at radius 1 is 1.25 bits per heavy atom. The third-order valence-electron chi connectivity index (χ3n) is 2.72. The van der Waals surface area contributed by atoms with Gasteiger partial charge in [0.05, 0.1) is 22.1 Å². The molecule has 1 heterocycles. The highest BCUT2D eigenvalue weighted by Crippen LogP contribution is 2.38. The van der Waals surface area contributed by atoms with E-state index in [2.05, 4.69) is 30.0 Å². The zero-order chi connectivity index (χ0) is 14.1. The van der Waals surface area contributed by atoms with E-state index in [0.29, 0.717) is 26.4 Å². The van der Waals surface area contributed by atoms with Crippen molar-refractivity contribution in [3.05, 3.63) is 51.5 Å². The predicted octanol–water partition coefficient (Wildman–Crippen LogP) is 5.08. The maximum Gasteiger partial charge on any atom is 0.255 e. The average molecular weight is 369 g/mol. The van der Waals surface area contributed by atoms with E-state index < -0.39 is 0 Å². The number of benzene rings is 2. The summed E-state index contributed by atoms with van der Waals surface area (Å²) in [6, 6.07) is 10.5. The molecule has 0 atom stereocenters. The van der Waals surface area contributed by atoms with Gasteiger partial charge in [0.1, 0.15) is 11.4 Å². The van der Waals surface area contributed by atoms with Gasteiger partial charge in [-0.1, -0.05) is 17.7 Å². The molecule has 3 rings (SSSR count). The van der Waals surface area contributed by atoms with E-state index in [0.717, 1.165) is 17.0 Å². The van der Waals surface area contributed by atoms with E-state index in [4.69, 9.17) is 11.6 Å². The van der Waals surface area contributed by atoms with Gasteiger partial charge in [-0.25, -0.2) is 0 Å². The molecule has 0 saturated heterocycles. The minimum atomic E-state index is -0.220. The van der Waals surface area contributed by atoms with Crippen molar-refractivity contribution in [1.82, 2.24) is 0 Å². The van der Waals surface area contributed by atoms with Crippen LogP contribution in [-0.4, -0.2) is 5.91 Å². The highest BCUT2D eigenvalue weighted by atomic mass is 79.9. The number of nitrogens with one attached hydrogen (secondary N) is 1. The van der Waals surface area contributed by atoms with Crippen LogP contribution in [0.5, 0.6) is 0 Å². The van der Waals surface area contributed by atoms with Crippen molar-refractivity contribution in [3.63, 3.8) is 0 Å². The molecule has 1 amide bonds. The first-order valence-corrected chi connectivity index (χ1v) is 7.53. The van der Waals surface area contributed by atoms with Crippen molar-refractivity contribution in [2.24, 2.45) is 8.73 Å². The number of hydrogen-bond acceptors (Lipinski definition) is 3. The van der Waals surface area contributed by atoms with E-state index in [1.54, 1.807) is 24.3 Å². The molecule has 1 N–H and O–H groups in total. The number of anilines is 1. The summed E-state index contributed by atoms with van der Waals surface area (Å²) in [7, 11) is 0. The number of fused-ring (bicyclic) bond motifs is 1. The Morgan fingerprint density at radius 3 is 2.90 bits per heavy atom. The molecule has 0 unspecified atom stereocenters. The summed E-state index contributed by atoms with van der Waals surface area (Å²) in [4.78, 5) is 12.2. The van der Waals surface area contributed by atoms with Crippen LogP contribution in [0, 0.1) is 0 Å². The fourth-order valence-corrected chi connectivity index (χ4v) is 2.78. The van der Waals surface area contributed by atoms with Crippen LogP contribution in [0.1, 0.15) is 10.4 Å². The number of carbonyl (C=O) groups is 1. The summed E-state index contributed by atoms with van der Waals surface area (Å²) in [6.45, 7) is 0. The molecule has 4 nitrogen and oxygen atoms in total. The largest absolute Gasteiger partial charge is 0.320 e. The van der Waals surface area contributed by atoms with Gasteiger partial charge >= 0.3 is 0 Å². The van der Waals surface area contributed by atoms with Gasteiger partial charge in [0.2, 0.25) is 0 Å². The Labute approximate surface area is 132 Å². The molecule has 0 radical (unpaired) electrons. The lowest BCUT2D eigenvalue weighted by Gasteiger charge is -2.08. The second-order valence-corrected chi connectivity index (χ2v) is 5.81. The minimum absolute atomic E-state index is 0.220. The lowest BCUT2D eigenvalue weighted by Crippen LogP contribution is -2.11. The van der Waals surface area contributed by atoms with E-state index in [1.165, 1.54) is 0 Å². The van der Waals surface area contributed by atoms with Gasteiger partial charge in [-0.2, -0.15) is 8.73 Å². The third-order valence-corrected chi connectivity index (χ3v) is 4.47. The standard InChI is InChI=1S/C13H7BrClN3OS/c14-8-6-7(4-5-9(8)15)13(19)16-10-2-1-3-11-12(10)18-20-17-11/h1-6H,(H,16,19). The molecule has 0 aliphatic carbocycles. The molecule has 0 spiro atoms. The van der Waals surface area contributed by atoms with Crippen LogP contribution in [0.4, 0.5) is 17.1 Å². The monoisotopic (exact) mass is 367 g/mol. The Kier molecular flexibility index (Phi) is 3.69. The van der Waals surface area contributed by atoms with E-state index in [1.807, 2.05) is 12.1 Å². The first kappa shape index (κ1) is 13.5. The van der Waals surface area contributed by atoms with Crippen molar-refractivity contribution in [2.75, 3.05) is 5.32 Å². The van der Waals surface area contributed by atoms with Gasteiger partial charge in [0.15, 0.2) is 0 Å². The minimum Gasteiger partial charge on any atom is -0.320 e. The molecule has 0 bridgehead atoms. The van der Waals surface area contributed by atoms with Gasteiger partial charge in [-0.3, -0.25) is 4.79 Å². The van der Waals surface area contributed by atoms with Gasteiger partial charge in [-0.05, 0) is 46.3 Å². The van der Waals surface area contributed by atoms with Crippen LogP contribution in [0.2, 0.25) is 5.02 Å². The number of rotatable bonds is 2. The van der Waals surface area contributed by atoms with Crippen LogP contribution in [0.3, 0.4) is 0 Å². The maximum atomic E-state index is 12.2. The van der Waals surface area contributed by atoms with Crippen molar-refractivity contribution in [2.45, 2.75) is 0 Å². The summed E-state index contributed by atoms with van der Waals surface area (Å²) in [5.41, 5.74) is 2.62. The molecule has 0 aromatic heterocycles. The summed E-state index contributed by atoms with van der Waals surface area (Å²) in [5, 5.41) is 3.40. The molecule has 7 heteroatoms. The first-order chi connectivity index (χ1) is 9.65. The van der Waals surface area contributed by atoms with E-state index in [9.17, 15) is 4.79 Å². The summed E-state index contributed by atoms with van der Waals surface area (Å²) < 4.78 is 9.00. The smallest absolute Gasteiger partial charge is 0.255 e. The Hall–Kier alpha value is -1.50. The molecule has 0 saturated carbocycles. The number of hydrogen-bond donors (Lipinski definition) is 1. The molecule has 20 heavy (non-hydrogen) atoms. The second-order valence-electron chi connectivity index (χ2n) is 4.02. The molecule has 0 fully saturated rings. The molecular weight excluding hydrogens is 362 g/mol. The van der Waals surface area contributed by atoms with Crippen LogP contribution in [0.15, 0.2) is 49.6 Å². The number of nitrogens with zero attached hydrogens (tertiary/aromatic N) is 2. The highest BCUT2D eigenvalue weighted by Gasteiger charge is 2.14. The lowest BCUT2D eigenvalue weighted by molar-refractivity contribution is 0.102.